The molecule has 1 atom stereocenters. The largest absolute Gasteiger partial charge is 0.480 e. The lowest BCUT2D eigenvalue weighted by Crippen LogP contribution is -2.50. The Morgan fingerprint density at radius 3 is 2.76 bits per heavy atom. The summed E-state index contributed by atoms with van der Waals surface area (Å²) in [4.78, 5) is 45.1. The fourth-order valence-corrected chi connectivity index (χ4v) is 6.43. The third-order valence-electron chi connectivity index (χ3n) is 9.29. The monoisotopic (exact) mass is 560 g/mol. The second-order valence-electron chi connectivity index (χ2n) is 12.3. The molecular formula is C32H40N4O5. The van der Waals surface area contributed by atoms with Crippen molar-refractivity contribution in [2.45, 2.75) is 83.3 Å². The molecule has 41 heavy (non-hydrogen) atoms. The number of fused-ring (bicyclic) bond motifs is 2. The summed E-state index contributed by atoms with van der Waals surface area (Å²) in [7, 11) is 0. The molecule has 9 nitrogen and oxygen atoms in total. The molecule has 0 radical (unpaired) electrons. The molecular weight excluding hydrogens is 520 g/mol. The van der Waals surface area contributed by atoms with Gasteiger partial charge in [0.05, 0.1) is 6.10 Å². The second-order valence-corrected chi connectivity index (χ2v) is 12.3. The van der Waals surface area contributed by atoms with Crippen LogP contribution in [-0.4, -0.2) is 59.7 Å². The maximum absolute atomic E-state index is 13.5. The van der Waals surface area contributed by atoms with E-state index in [4.69, 9.17) is 9.72 Å². The summed E-state index contributed by atoms with van der Waals surface area (Å²) in [5, 5.41) is 15.8. The van der Waals surface area contributed by atoms with E-state index in [1.54, 1.807) is 4.90 Å². The number of pyridine rings is 1. The zero-order valence-corrected chi connectivity index (χ0v) is 23.8. The van der Waals surface area contributed by atoms with Gasteiger partial charge in [-0.2, -0.15) is 0 Å². The summed E-state index contributed by atoms with van der Waals surface area (Å²) in [5.74, 6) is -0.184. The molecule has 218 valence electrons. The SMILES string of the molecule is Cc1ccc2c(c1)N(C(=O)C1(C(=O)N[C@@H](CCO[C@H]3C[C@H](CCc4ccc5c(n4)NCCC5)C3)C(=O)O)CC1)CC2. The topological polar surface area (TPSA) is 121 Å². The van der Waals surface area contributed by atoms with E-state index in [9.17, 15) is 19.5 Å². The Labute approximate surface area is 241 Å². The number of amides is 2. The molecule has 9 heteroatoms. The number of anilines is 2. The normalized spacial score (nSPS) is 22.5. The minimum Gasteiger partial charge on any atom is -0.480 e. The van der Waals surface area contributed by atoms with E-state index in [1.807, 2.05) is 25.1 Å². The molecule has 3 N–H and O–H groups in total. The van der Waals surface area contributed by atoms with E-state index in [-0.39, 0.29) is 25.0 Å². The Kier molecular flexibility index (Phi) is 7.72. The van der Waals surface area contributed by atoms with E-state index < -0.39 is 23.3 Å². The van der Waals surface area contributed by atoms with Gasteiger partial charge in [-0.05, 0) is 99.5 Å². The number of carboxylic acid groups (broad SMARTS) is 1. The van der Waals surface area contributed by atoms with Gasteiger partial charge in [0, 0.05) is 37.5 Å². The number of carboxylic acids is 1. The molecule has 2 amide bonds. The van der Waals surface area contributed by atoms with Crippen LogP contribution in [0.4, 0.5) is 11.5 Å². The van der Waals surface area contributed by atoms with Crippen molar-refractivity contribution < 1.29 is 24.2 Å². The van der Waals surface area contributed by atoms with Crippen LogP contribution in [0.25, 0.3) is 0 Å². The first-order chi connectivity index (χ1) is 19.8. The Bertz CT molecular complexity index is 1330. The van der Waals surface area contributed by atoms with Gasteiger partial charge in [-0.1, -0.05) is 18.2 Å². The molecule has 1 aromatic heterocycles. The molecule has 2 saturated carbocycles. The first-order valence-electron chi connectivity index (χ1n) is 15.1. The number of aliphatic carboxylic acids is 1. The van der Waals surface area contributed by atoms with Crippen molar-refractivity contribution in [2.24, 2.45) is 11.3 Å². The lowest BCUT2D eigenvalue weighted by molar-refractivity contribution is -0.145. The lowest BCUT2D eigenvalue weighted by Gasteiger charge is -2.35. The van der Waals surface area contributed by atoms with Crippen LogP contribution in [0, 0.1) is 18.3 Å². The minimum absolute atomic E-state index is 0.123. The molecule has 0 unspecified atom stereocenters. The number of ether oxygens (including phenoxy) is 1. The minimum atomic E-state index is -1.16. The lowest BCUT2D eigenvalue weighted by atomic mass is 9.79. The van der Waals surface area contributed by atoms with Gasteiger partial charge in [0.1, 0.15) is 17.3 Å². The Balaban J connectivity index is 0.940. The summed E-state index contributed by atoms with van der Waals surface area (Å²) in [6, 6.07) is 9.30. The van der Waals surface area contributed by atoms with Crippen molar-refractivity contribution in [1.29, 1.82) is 0 Å². The summed E-state index contributed by atoms with van der Waals surface area (Å²) in [6.45, 7) is 3.78. The number of carbonyl (C=O) groups is 3. The van der Waals surface area contributed by atoms with Gasteiger partial charge in [-0.25, -0.2) is 9.78 Å². The van der Waals surface area contributed by atoms with Crippen LogP contribution >= 0.6 is 0 Å². The first-order valence-corrected chi connectivity index (χ1v) is 15.1. The summed E-state index contributed by atoms with van der Waals surface area (Å²) < 4.78 is 5.96. The molecule has 6 rings (SSSR count). The van der Waals surface area contributed by atoms with Crippen LogP contribution in [0.2, 0.25) is 0 Å². The van der Waals surface area contributed by atoms with Crippen molar-refractivity contribution >= 4 is 29.3 Å². The highest BCUT2D eigenvalue weighted by atomic mass is 16.5. The number of hydrogen-bond acceptors (Lipinski definition) is 6. The number of rotatable bonds is 11. The van der Waals surface area contributed by atoms with Crippen molar-refractivity contribution in [2.75, 3.05) is 29.9 Å². The third kappa shape index (κ3) is 5.82. The average Bonchev–Trinajstić information content (AvgIpc) is 3.66. The fraction of sp³-hybridized carbons (Fsp3) is 0.562. The highest BCUT2D eigenvalue weighted by molar-refractivity contribution is 6.15. The molecule has 0 saturated heterocycles. The van der Waals surface area contributed by atoms with Gasteiger partial charge in [-0.3, -0.25) is 9.59 Å². The smallest absolute Gasteiger partial charge is 0.326 e. The maximum atomic E-state index is 13.5. The standard InChI is InChI=1S/C32H40N4O5/c1-20-4-6-22-10-15-36(27(22)17-20)31(40)32(12-13-32)30(39)35-26(29(37)38)11-16-41-25-18-21(19-25)5-8-24-9-7-23-3-2-14-33-28(23)34-24/h4,6-7,9,17,21,25-26H,2-3,5,8,10-16,18-19H2,1H3,(H,33,34)(H,35,39)(H,37,38)/t21-,25-,26-/m0/s1. The molecule has 4 aliphatic rings. The Morgan fingerprint density at radius 2 is 1.98 bits per heavy atom. The highest BCUT2D eigenvalue weighted by Gasteiger charge is 2.59. The molecule has 0 spiro atoms. The van der Waals surface area contributed by atoms with Crippen molar-refractivity contribution in [3.05, 3.63) is 52.7 Å². The van der Waals surface area contributed by atoms with Gasteiger partial charge < -0.3 is 25.4 Å². The quantitative estimate of drug-likeness (QED) is 0.358. The van der Waals surface area contributed by atoms with E-state index in [1.165, 1.54) is 5.56 Å². The molecule has 2 fully saturated rings. The predicted octanol–water partition coefficient (Wildman–Crippen LogP) is 3.80. The van der Waals surface area contributed by atoms with Crippen LogP contribution in [0.15, 0.2) is 30.3 Å². The maximum Gasteiger partial charge on any atom is 0.326 e. The summed E-state index contributed by atoms with van der Waals surface area (Å²) in [5.41, 5.74) is 4.30. The number of nitrogens with zero attached hydrogens (tertiary/aromatic N) is 2. The van der Waals surface area contributed by atoms with Gasteiger partial charge in [-0.15, -0.1) is 0 Å². The van der Waals surface area contributed by atoms with Gasteiger partial charge in [0.2, 0.25) is 11.8 Å². The first kappa shape index (κ1) is 27.7. The van der Waals surface area contributed by atoms with Crippen molar-refractivity contribution in [1.82, 2.24) is 10.3 Å². The second kappa shape index (κ2) is 11.4. The fourth-order valence-electron chi connectivity index (χ4n) is 6.43. The highest BCUT2D eigenvalue weighted by Crippen LogP contribution is 2.49. The molecule has 2 aliphatic heterocycles. The van der Waals surface area contributed by atoms with Gasteiger partial charge >= 0.3 is 5.97 Å². The van der Waals surface area contributed by atoms with Crippen LogP contribution in [-0.2, 0) is 38.4 Å². The number of carbonyl (C=O) groups excluding carboxylic acids is 2. The van der Waals surface area contributed by atoms with Crippen LogP contribution in [0.5, 0.6) is 0 Å². The summed E-state index contributed by atoms with van der Waals surface area (Å²) >= 11 is 0. The van der Waals surface area contributed by atoms with Gasteiger partial charge in [0.25, 0.3) is 0 Å². The zero-order chi connectivity index (χ0) is 28.6. The van der Waals surface area contributed by atoms with E-state index >= 15 is 0 Å². The molecule has 1 aromatic carbocycles. The number of hydrogen-bond donors (Lipinski definition) is 3. The molecule has 3 heterocycles. The zero-order valence-electron chi connectivity index (χ0n) is 23.8. The molecule has 2 aliphatic carbocycles. The Morgan fingerprint density at radius 1 is 1.17 bits per heavy atom. The summed E-state index contributed by atoms with van der Waals surface area (Å²) in [6.07, 6.45) is 8.13. The van der Waals surface area contributed by atoms with Gasteiger partial charge in [0.15, 0.2) is 0 Å². The predicted molar refractivity (Wildman–Crippen MR) is 155 cm³/mol. The van der Waals surface area contributed by atoms with Crippen LogP contribution in [0.3, 0.4) is 0 Å². The number of aryl methyl sites for hydroxylation is 3. The van der Waals surface area contributed by atoms with Crippen molar-refractivity contribution in [3.63, 3.8) is 0 Å². The molecule has 0 bridgehead atoms. The average molecular weight is 561 g/mol. The Hall–Kier alpha value is -3.46. The number of aromatic nitrogens is 1. The van der Waals surface area contributed by atoms with Crippen LogP contribution < -0.4 is 15.5 Å². The third-order valence-corrected chi connectivity index (χ3v) is 9.29. The van der Waals surface area contributed by atoms with E-state index in [0.29, 0.717) is 25.3 Å². The number of nitrogens with one attached hydrogen (secondary N) is 2. The van der Waals surface area contributed by atoms with Crippen LogP contribution in [0.1, 0.15) is 67.3 Å². The molecule has 2 aromatic rings. The van der Waals surface area contributed by atoms with E-state index in [0.717, 1.165) is 79.8 Å². The number of benzene rings is 1. The van der Waals surface area contributed by atoms with Crippen molar-refractivity contribution in [3.8, 4) is 0 Å². The van der Waals surface area contributed by atoms with E-state index in [2.05, 4.69) is 22.8 Å².